The van der Waals surface area contributed by atoms with Gasteiger partial charge in [0, 0.05) is 27.5 Å². The van der Waals surface area contributed by atoms with Gasteiger partial charge in [0.15, 0.2) is 11.6 Å². The first-order valence-electron chi connectivity index (χ1n) is 9.98. The van der Waals surface area contributed by atoms with Gasteiger partial charge in [0.1, 0.15) is 7.11 Å². The first kappa shape index (κ1) is 24.0. The summed E-state index contributed by atoms with van der Waals surface area (Å²) in [6.45, 7) is 11.1. The maximum Gasteiger partial charge on any atom is 0.344 e. The highest BCUT2D eigenvalue weighted by molar-refractivity contribution is 6.06. The molecule has 0 radical (unpaired) electrons. The molecule has 0 N–H and O–H groups in total. The summed E-state index contributed by atoms with van der Waals surface area (Å²) < 4.78 is 5.41. The second-order valence-electron chi connectivity index (χ2n) is 9.28. The largest absolute Gasteiger partial charge is 0.400 e. The molecule has 2 rings (SSSR count). The number of carbonyl (C=O) groups is 3. The van der Waals surface area contributed by atoms with E-state index in [1.807, 2.05) is 41.5 Å². The molecule has 0 aliphatic heterocycles. The summed E-state index contributed by atoms with van der Waals surface area (Å²) in [6, 6.07) is 12.9. The molecule has 6 nitrogen and oxygen atoms in total. The van der Waals surface area contributed by atoms with E-state index in [2.05, 4.69) is 5.16 Å². The van der Waals surface area contributed by atoms with Crippen molar-refractivity contribution in [2.75, 3.05) is 7.11 Å². The van der Waals surface area contributed by atoms with Crippen molar-refractivity contribution in [2.45, 2.75) is 41.5 Å². The summed E-state index contributed by atoms with van der Waals surface area (Å²) in [5, 5.41) is 3.80. The van der Waals surface area contributed by atoms with Crippen LogP contribution in [0.1, 0.15) is 78.2 Å². The van der Waals surface area contributed by atoms with Crippen LogP contribution in [-0.2, 0) is 9.57 Å². The van der Waals surface area contributed by atoms with Crippen LogP contribution in [-0.4, -0.2) is 30.5 Å². The van der Waals surface area contributed by atoms with Gasteiger partial charge in [0.2, 0.25) is 0 Å². The third kappa shape index (κ3) is 6.10. The van der Waals surface area contributed by atoms with Crippen LogP contribution in [0.4, 0.5) is 0 Å². The highest BCUT2D eigenvalue weighted by Crippen LogP contribution is 2.22. The Hall–Kier alpha value is -3.28. The van der Waals surface area contributed by atoms with Crippen molar-refractivity contribution in [2.24, 2.45) is 16.0 Å². The number of nitrogens with zero attached hydrogens (tertiary/aromatic N) is 1. The Bertz CT molecular complexity index is 988. The minimum Gasteiger partial charge on any atom is -0.400 e. The molecule has 0 saturated heterocycles. The van der Waals surface area contributed by atoms with Gasteiger partial charge in [0.25, 0.3) is 5.90 Å². The third-order valence-electron chi connectivity index (χ3n) is 4.50. The molecule has 0 aliphatic carbocycles. The number of ether oxygens (including phenoxy) is 1. The average molecular weight is 427 g/mol. The number of hydrogen-bond acceptors (Lipinski definition) is 6. The van der Waals surface area contributed by atoms with Crippen LogP contribution in [0.2, 0.25) is 0 Å². The van der Waals surface area contributed by atoms with Crippen LogP contribution < -0.4 is 0 Å². The molecule has 2 aromatic carbocycles. The first-order valence-corrected chi connectivity index (χ1v) is 9.98. The lowest BCUT2D eigenvalue weighted by Gasteiger charge is -2.17. The molecule has 0 aliphatic rings. The van der Waals surface area contributed by atoms with Crippen LogP contribution in [0.25, 0.3) is 0 Å². The summed E-state index contributed by atoms with van der Waals surface area (Å²) in [5.41, 5.74) is 0.820. The summed E-state index contributed by atoms with van der Waals surface area (Å²) in [6.07, 6.45) is 0. The lowest BCUT2D eigenvalue weighted by Crippen LogP contribution is -2.21. The summed E-state index contributed by atoms with van der Waals surface area (Å²) >= 11 is 0. The van der Waals surface area contributed by atoms with Gasteiger partial charge in [-0.1, -0.05) is 65.8 Å². The van der Waals surface area contributed by atoms with E-state index < -0.39 is 16.8 Å². The quantitative estimate of drug-likeness (QED) is 0.212. The molecule has 0 saturated carbocycles. The van der Waals surface area contributed by atoms with Crippen molar-refractivity contribution < 1.29 is 24.0 Å². The smallest absolute Gasteiger partial charge is 0.344 e. The van der Waals surface area contributed by atoms with E-state index in [1.165, 1.54) is 19.2 Å². The van der Waals surface area contributed by atoms with E-state index in [-0.39, 0.29) is 23.0 Å². The predicted molar refractivity (Wildman–Crippen MR) is 119 cm³/mol. The molecule has 31 heavy (non-hydrogen) atoms. The standard InChI is InChI=1S/C25H29NO5/c1-24(2,3)20(27)16-8-12-18(13-9-16)22(26-30-7)31-23(29)19-14-10-17(11-15-19)21(28)25(4,5)6/h8-15H,1-7H3/b26-22+/i20+2,21+2. The first-order chi connectivity index (χ1) is 14.3. The molecule has 0 spiro atoms. The third-order valence-corrected chi connectivity index (χ3v) is 4.50. The number of oxime groups is 1. The Balaban J connectivity index is 2.20. The Morgan fingerprint density at radius 2 is 1.13 bits per heavy atom. The molecule has 164 valence electrons. The molecular formula is C25H29NO5. The highest BCUT2D eigenvalue weighted by Gasteiger charge is 2.24. The second kappa shape index (κ2) is 9.25. The molecule has 6 heteroatoms. The SMILES string of the molecule is CO/N=C(/OC(=O)c1ccc([14C](=O)C(C)(C)C)cc1)c1ccc([14C](=O)C(C)(C)C)cc1. The van der Waals surface area contributed by atoms with E-state index in [0.29, 0.717) is 16.7 Å². The van der Waals surface area contributed by atoms with E-state index in [4.69, 9.17) is 9.57 Å². The zero-order valence-electron chi connectivity index (χ0n) is 19.1. The molecule has 0 aromatic heterocycles. The van der Waals surface area contributed by atoms with Crippen molar-refractivity contribution >= 4 is 23.4 Å². The van der Waals surface area contributed by atoms with Gasteiger partial charge in [-0.3, -0.25) is 9.59 Å². The van der Waals surface area contributed by atoms with E-state index >= 15 is 0 Å². The molecule has 0 fully saturated rings. The Morgan fingerprint density at radius 1 is 0.742 bits per heavy atom. The van der Waals surface area contributed by atoms with Gasteiger partial charge in [-0.05, 0) is 29.4 Å². The zero-order valence-corrected chi connectivity index (χ0v) is 19.1. The van der Waals surface area contributed by atoms with E-state index in [9.17, 15) is 14.4 Å². The van der Waals surface area contributed by atoms with Crippen LogP contribution in [0.15, 0.2) is 53.7 Å². The fourth-order valence-electron chi connectivity index (χ4n) is 2.75. The minimum atomic E-state index is -0.639. The molecule has 0 atom stereocenters. The van der Waals surface area contributed by atoms with Crippen molar-refractivity contribution in [1.29, 1.82) is 0 Å². The molecule has 0 unspecified atom stereocenters. The van der Waals surface area contributed by atoms with Gasteiger partial charge >= 0.3 is 5.97 Å². The van der Waals surface area contributed by atoms with Gasteiger partial charge in [-0.25, -0.2) is 4.79 Å². The molecule has 0 bridgehead atoms. The average Bonchev–Trinajstić information content (AvgIpc) is 2.71. The fraction of sp³-hybridized carbons (Fsp3) is 0.360. The van der Waals surface area contributed by atoms with Gasteiger partial charge in [0.05, 0.1) is 5.56 Å². The van der Waals surface area contributed by atoms with Crippen LogP contribution in [0, 0.1) is 10.8 Å². The number of Topliss-reactive ketones (excluding diaryl/α,β-unsaturated/α-hetero) is 2. The topological polar surface area (TPSA) is 82.0 Å². The predicted octanol–water partition coefficient (Wildman–Crippen LogP) is 5.31. The van der Waals surface area contributed by atoms with Crippen LogP contribution in [0.5, 0.6) is 0 Å². The molecule has 0 amide bonds. The zero-order chi connectivity index (χ0) is 23.4. The minimum absolute atomic E-state index is 0.00571. The Labute approximate surface area is 183 Å². The number of ketones is 2. The molecular weight excluding hydrogens is 398 g/mol. The van der Waals surface area contributed by atoms with Crippen LogP contribution in [0.3, 0.4) is 0 Å². The molecule has 0 heterocycles. The summed E-state index contributed by atoms with van der Waals surface area (Å²) in [4.78, 5) is 42.2. The summed E-state index contributed by atoms with van der Waals surface area (Å²) in [7, 11) is 1.35. The maximum absolute atomic E-state index is 12.6. The number of esters is 1. The van der Waals surface area contributed by atoms with Gasteiger partial charge < -0.3 is 9.57 Å². The fourth-order valence-corrected chi connectivity index (χ4v) is 2.75. The van der Waals surface area contributed by atoms with Crippen molar-refractivity contribution in [1.82, 2.24) is 0 Å². The highest BCUT2D eigenvalue weighted by atomic mass is 16.6. The van der Waals surface area contributed by atoms with Crippen molar-refractivity contribution in [3.63, 3.8) is 0 Å². The van der Waals surface area contributed by atoms with Gasteiger partial charge in [-0.15, -0.1) is 0 Å². The monoisotopic (exact) mass is 427 g/mol. The lowest BCUT2D eigenvalue weighted by atomic mass is 10.1. The Morgan fingerprint density at radius 3 is 1.48 bits per heavy atom. The maximum atomic E-state index is 12.6. The normalized spacial score (nSPS) is 12.3. The van der Waals surface area contributed by atoms with Crippen molar-refractivity contribution in [3.8, 4) is 0 Å². The number of benzene rings is 2. The molecule has 2 aromatic rings. The van der Waals surface area contributed by atoms with Crippen molar-refractivity contribution in [3.05, 3.63) is 70.8 Å². The number of rotatable bonds is 5. The van der Waals surface area contributed by atoms with E-state index in [0.717, 1.165) is 0 Å². The number of hydrogen-bond donors (Lipinski definition) is 0. The van der Waals surface area contributed by atoms with Crippen LogP contribution >= 0.6 is 0 Å². The number of carbonyl (C=O) groups excluding carboxylic acids is 3. The second-order valence-corrected chi connectivity index (χ2v) is 9.28. The van der Waals surface area contributed by atoms with E-state index in [1.54, 1.807) is 36.4 Å². The lowest BCUT2D eigenvalue weighted by molar-refractivity contribution is 0.0702. The Kier molecular flexibility index (Phi) is 7.16. The van der Waals surface area contributed by atoms with Gasteiger partial charge in [-0.2, -0.15) is 0 Å². The summed E-state index contributed by atoms with van der Waals surface area (Å²) in [5.74, 6) is -0.678.